The summed E-state index contributed by atoms with van der Waals surface area (Å²) in [4.78, 5) is 10.4. The Kier molecular flexibility index (Phi) is 12.4. The molecule has 0 aromatic rings. The zero-order valence-corrected chi connectivity index (χ0v) is 15.5. The summed E-state index contributed by atoms with van der Waals surface area (Å²) in [6.45, 7) is 2.29. The van der Waals surface area contributed by atoms with E-state index in [-0.39, 0.29) is 0 Å². The molecule has 0 radical (unpaired) electrons. The third kappa shape index (κ3) is 12.5. The molecule has 0 saturated heterocycles. The van der Waals surface area contributed by atoms with E-state index >= 15 is 0 Å². The Balaban J connectivity index is 1.74. The first-order valence-corrected chi connectivity index (χ1v) is 10.5. The van der Waals surface area contributed by atoms with Crippen molar-refractivity contribution >= 4 is 5.97 Å². The molecule has 0 aromatic heterocycles. The van der Waals surface area contributed by atoms with Gasteiger partial charge >= 0.3 is 5.97 Å². The number of unbranched alkanes of at least 4 members (excludes halogenated alkanes) is 11. The van der Waals surface area contributed by atoms with Gasteiger partial charge in [-0.1, -0.05) is 96.8 Å². The first kappa shape index (κ1) is 20.5. The summed E-state index contributed by atoms with van der Waals surface area (Å²) in [7, 11) is 0. The summed E-state index contributed by atoms with van der Waals surface area (Å²) in [5.41, 5.74) is 0. The third-order valence-corrected chi connectivity index (χ3v) is 5.46. The Labute approximate surface area is 144 Å². The molecule has 0 unspecified atom stereocenters. The fraction of sp³-hybridized carbons (Fsp3) is 0.952. The predicted molar refractivity (Wildman–Crippen MR) is 98.8 cm³/mol. The van der Waals surface area contributed by atoms with Crippen LogP contribution in [0.3, 0.4) is 0 Å². The second-order valence-corrected chi connectivity index (χ2v) is 7.72. The van der Waals surface area contributed by atoms with Crippen molar-refractivity contribution in [2.75, 3.05) is 0 Å². The van der Waals surface area contributed by atoms with Crippen LogP contribution in [0, 0.1) is 11.8 Å². The van der Waals surface area contributed by atoms with Crippen LogP contribution in [-0.2, 0) is 4.79 Å². The Bertz CT molecular complexity index is 288. The lowest BCUT2D eigenvalue weighted by molar-refractivity contribution is -0.137. The molecule has 2 heteroatoms. The van der Waals surface area contributed by atoms with Crippen molar-refractivity contribution in [3.63, 3.8) is 0 Å². The van der Waals surface area contributed by atoms with E-state index in [0.717, 1.165) is 24.7 Å². The topological polar surface area (TPSA) is 37.3 Å². The number of carboxylic acid groups (broad SMARTS) is 1. The van der Waals surface area contributed by atoms with E-state index in [0.29, 0.717) is 6.42 Å². The van der Waals surface area contributed by atoms with E-state index in [9.17, 15) is 4.79 Å². The smallest absolute Gasteiger partial charge is 0.303 e. The maximum Gasteiger partial charge on any atom is 0.303 e. The van der Waals surface area contributed by atoms with Crippen molar-refractivity contribution in [3.8, 4) is 0 Å². The predicted octanol–water partition coefficient (Wildman–Crippen LogP) is 6.97. The third-order valence-electron chi connectivity index (χ3n) is 5.46. The highest BCUT2D eigenvalue weighted by Gasteiger charge is 2.34. The molecule has 1 N–H and O–H groups in total. The first-order valence-electron chi connectivity index (χ1n) is 10.5. The molecule has 136 valence electrons. The highest BCUT2D eigenvalue weighted by molar-refractivity contribution is 5.66. The second kappa shape index (κ2) is 13.9. The fourth-order valence-corrected chi connectivity index (χ4v) is 3.77. The molecule has 1 fully saturated rings. The van der Waals surface area contributed by atoms with Crippen molar-refractivity contribution in [3.05, 3.63) is 0 Å². The standard InChI is InChI=1S/C21H40O2/c1-2-3-4-5-9-12-15-19-18-20(19)16-13-10-7-6-8-11-14-17-21(22)23/h19-20H,2-18H2,1H3,(H,22,23)/t19-,20+/m0/s1. The molecule has 2 atom stereocenters. The Hall–Kier alpha value is -0.530. The van der Waals surface area contributed by atoms with Gasteiger partial charge in [-0.2, -0.15) is 0 Å². The van der Waals surface area contributed by atoms with Gasteiger partial charge in [0.25, 0.3) is 0 Å². The zero-order chi connectivity index (χ0) is 16.8. The number of aliphatic carboxylic acids is 1. The fourth-order valence-electron chi connectivity index (χ4n) is 3.77. The Morgan fingerprint density at radius 2 is 1.17 bits per heavy atom. The van der Waals surface area contributed by atoms with Crippen LogP contribution in [0.1, 0.15) is 116 Å². The summed E-state index contributed by atoms with van der Waals surface area (Å²) in [6.07, 6.45) is 22.1. The molecule has 1 aliphatic carbocycles. The number of carbonyl (C=O) groups is 1. The highest BCUT2D eigenvalue weighted by atomic mass is 16.4. The lowest BCUT2D eigenvalue weighted by atomic mass is 10.0. The van der Waals surface area contributed by atoms with Gasteiger partial charge in [-0.3, -0.25) is 4.79 Å². The Morgan fingerprint density at radius 3 is 1.65 bits per heavy atom. The molecule has 2 nitrogen and oxygen atoms in total. The lowest BCUT2D eigenvalue weighted by Gasteiger charge is -2.03. The molecule has 0 spiro atoms. The van der Waals surface area contributed by atoms with Crippen molar-refractivity contribution in [2.45, 2.75) is 116 Å². The number of hydrogen-bond donors (Lipinski definition) is 1. The van der Waals surface area contributed by atoms with Gasteiger partial charge in [0, 0.05) is 6.42 Å². The highest BCUT2D eigenvalue weighted by Crippen LogP contribution is 2.45. The van der Waals surface area contributed by atoms with Crippen LogP contribution in [0.15, 0.2) is 0 Å². The van der Waals surface area contributed by atoms with Gasteiger partial charge in [0.2, 0.25) is 0 Å². The maximum atomic E-state index is 10.4. The Morgan fingerprint density at radius 1 is 0.739 bits per heavy atom. The minimum absolute atomic E-state index is 0.349. The SMILES string of the molecule is CCCCCCCC[C@H]1C[C@H]1CCCCCCCCCC(=O)O. The van der Waals surface area contributed by atoms with Gasteiger partial charge in [-0.05, 0) is 24.7 Å². The van der Waals surface area contributed by atoms with Gasteiger partial charge in [-0.15, -0.1) is 0 Å². The molecule has 0 bridgehead atoms. The van der Waals surface area contributed by atoms with Gasteiger partial charge in [0.15, 0.2) is 0 Å². The molecular formula is C21H40O2. The van der Waals surface area contributed by atoms with Crippen LogP contribution < -0.4 is 0 Å². The molecule has 0 heterocycles. The van der Waals surface area contributed by atoms with Crippen molar-refractivity contribution in [1.29, 1.82) is 0 Å². The van der Waals surface area contributed by atoms with E-state index in [1.807, 2.05) is 0 Å². The van der Waals surface area contributed by atoms with Crippen molar-refractivity contribution in [2.24, 2.45) is 11.8 Å². The molecule has 1 aliphatic rings. The average Bonchev–Trinajstić information content (AvgIpc) is 3.27. The zero-order valence-electron chi connectivity index (χ0n) is 15.5. The van der Waals surface area contributed by atoms with Crippen molar-refractivity contribution < 1.29 is 9.90 Å². The number of rotatable bonds is 17. The monoisotopic (exact) mass is 324 g/mol. The van der Waals surface area contributed by atoms with Crippen LogP contribution >= 0.6 is 0 Å². The van der Waals surface area contributed by atoms with Crippen LogP contribution in [-0.4, -0.2) is 11.1 Å². The van der Waals surface area contributed by atoms with Gasteiger partial charge in [0.05, 0.1) is 0 Å². The van der Waals surface area contributed by atoms with Crippen LogP contribution in [0.25, 0.3) is 0 Å². The minimum Gasteiger partial charge on any atom is -0.481 e. The van der Waals surface area contributed by atoms with Crippen LogP contribution in [0.2, 0.25) is 0 Å². The van der Waals surface area contributed by atoms with E-state index in [4.69, 9.17) is 5.11 Å². The molecular weight excluding hydrogens is 284 g/mol. The largest absolute Gasteiger partial charge is 0.481 e. The normalized spacial score (nSPS) is 19.9. The van der Waals surface area contributed by atoms with E-state index < -0.39 is 5.97 Å². The van der Waals surface area contributed by atoms with Crippen molar-refractivity contribution in [1.82, 2.24) is 0 Å². The van der Waals surface area contributed by atoms with E-state index in [1.54, 1.807) is 0 Å². The summed E-state index contributed by atoms with van der Waals surface area (Å²) in [5.74, 6) is 1.50. The van der Waals surface area contributed by atoms with Crippen LogP contribution in [0.5, 0.6) is 0 Å². The summed E-state index contributed by atoms with van der Waals surface area (Å²) < 4.78 is 0. The van der Waals surface area contributed by atoms with E-state index in [1.165, 1.54) is 89.9 Å². The molecule has 0 aromatic carbocycles. The maximum absolute atomic E-state index is 10.4. The van der Waals surface area contributed by atoms with Gasteiger partial charge in [-0.25, -0.2) is 0 Å². The molecule has 0 amide bonds. The minimum atomic E-state index is -0.648. The van der Waals surface area contributed by atoms with Gasteiger partial charge in [0.1, 0.15) is 0 Å². The molecule has 23 heavy (non-hydrogen) atoms. The number of carboxylic acids is 1. The lowest BCUT2D eigenvalue weighted by Crippen LogP contribution is -1.93. The average molecular weight is 325 g/mol. The van der Waals surface area contributed by atoms with E-state index in [2.05, 4.69) is 6.92 Å². The summed E-state index contributed by atoms with van der Waals surface area (Å²) in [5, 5.41) is 8.57. The summed E-state index contributed by atoms with van der Waals surface area (Å²) >= 11 is 0. The number of hydrogen-bond acceptors (Lipinski definition) is 1. The molecule has 1 rings (SSSR count). The van der Waals surface area contributed by atoms with Gasteiger partial charge < -0.3 is 5.11 Å². The summed E-state index contributed by atoms with van der Waals surface area (Å²) in [6, 6.07) is 0. The molecule has 1 saturated carbocycles. The molecule has 0 aliphatic heterocycles. The first-order chi connectivity index (χ1) is 11.2. The van der Waals surface area contributed by atoms with Crippen LogP contribution in [0.4, 0.5) is 0 Å². The quantitative estimate of drug-likeness (QED) is 0.293. The second-order valence-electron chi connectivity index (χ2n) is 7.72.